The van der Waals surface area contributed by atoms with Crippen molar-refractivity contribution in [1.29, 1.82) is 0 Å². The van der Waals surface area contributed by atoms with Gasteiger partial charge < -0.3 is 5.32 Å². The molecule has 0 aliphatic heterocycles. The predicted molar refractivity (Wildman–Crippen MR) is 101 cm³/mol. The number of carbonyl (C=O) groups excluding carboxylic acids is 1. The second-order valence-corrected chi connectivity index (χ2v) is 6.91. The molecular weight excluding hydrogens is 332 g/mol. The van der Waals surface area contributed by atoms with E-state index in [-0.39, 0.29) is 5.91 Å². The summed E-state index contributed by atoms with van der Waals surface area (Å²) in [6.45, 7) is 4.16. The van der Waals surface area contributed by atoms with E-state index in [0.717, 1.165) is 28.0 Å². The maximum atomic E-state index is 12.2. The third kappa shape index (κ3) is 4.70. The van der Waals surface area contributed by atoms with Crippen LogP contribution < -0.4 is 5.32 Å². The lowest BCUT2D eigenvalue weighted by atomic mass is 10.1. The molecule has 1 amide bonds. The van der Waals surface area contributed by atoms with Gasteiger partial charge in [0, 0.05) is 22.9 Å². The Morgan fingerprint density at radius 3 is 2.48 bits per heavy atom. The number of aromatic nitrogens is 3. The Kier molecular flexibility index (Phi) is 5.50. The molecule has 5 nitrogen and oxygen atoms in total. The first-order valence-corrected chi connectivity index (χ1v) is 9.11. The number of para-hydroxylation sites is 1. The van der Waals surface area contributed by atoms with Crippen LogP contribution in [0.25, 0.3) is 0 Å². The Balaban J connectivity index is 1.57. The molecule has 0 fully saturated rings. The highest BCUT2D eigenvalue weighted by atomic mass is 32.2. The van der Waals surface area contributed by atoms with Crippen molar-refractivity contribution in [2.24, 2.45) is 0 Å². The summed E-state index contributed by atoms with van der Waals surface area (Å²) in [5, 5.41) is 10.8. The van der Waals surface area contributed by atoms with E-state index in [4.69, 9.17) is 0 Å². The zero-order valence-corrected chi connectivity index (χ0v) is 15.0. The first kappa shape index (κ1) is 17.2. The Bertz CT molecular complexity index is 828. The number of benzene rings is 2. The average molecular weight is 352 g/mol. The van der Waals surface area contributed by atoms with Crippen LogP contribution in [0.15, 0.2) is 59.8 Å². The zero-order valence-electron chi connectivity index (χ0n) is 14.2. The number of aromatic amines is 1. The molecule has 3 aromatic rings. The molecule has 0 spiro atoms. The van der Waals surface area contributed by atoms with Gasteiger partial charge in [-0.05, 0) is 29.8 Å². The van der Waals surface area contributed by atoms with Crippen LogP contribution >= 0.6 is 11.8 Å². The highest BCUT2D eigenvalue weighted by Gasteiger charge is 2.09. The first-order valence-electron chi connectivity index (χ1n) is 8.12. The molecule has 0 saturated carbocycles. The van der Waals surface area contributed by atoms with Gasteiger partial charge in [0.05, 0.1) is 0 Å². The molecular formula is C19H20N4OS. The fraction of sp³-hybridized carbons (Fsp3) is 0.211. The second kappa shape index (κ2) is 7.98. The smallest absolute Gasteiger partial charge is 0.255 e. The SMILES string of the molecule is CC(C)c1nc(SCc2ccc(C(=O)Nc3ccccc3)cc2)n[nH]1. The summed E-state index contributed by atoms with van der Waals surface area (Å²) in [5.74, 6) is 1.89. The maximum Gasteiger partial charge on any atom is 0.255 e. The van der Waals surface area contributed by atoms with Gasteiger partial charge in [-0.15, -0.1) is 5.10 Å². The Labute approximate surface area is 151 Å². The molecule has 0 atom stereocenters. The van der Waals surface area contributed by atoms with Crippen LogP contribution in [-0.4, -0.2) is 21.1 Å². The summed E-state index contributed by atoms with van der Waals surface area (Å²) >= 11 is 1.57. The highest BCUT2D eigenvalue weighted by molar-refractivity contribution is 7.98. The monoisotopic (exact) mass is 352 g/mol. The Morgan fingerprint density at radius 2 is 1.84 bits per heavy atom. The fourth-order valence-corrected chi connectivity index (χ4v) is 2.97. The van der Waals surface area contributed by atoms with E-state index < -0.39 is 0 Å². The van der Waals surface area contributed by atoms with Gasteiger partial charge in [0.2, 0.25) is 5.16 Å². The number of carbonyl (C=O) groups is 1. The lowest BCUT2D eigenvalue weighted by Crippen LogP contribution is -2.11. The van der Waals surface area contributed by atoms with E-state index in [9.17, 15) is 4.79 Å². The van der Waals surface area contributed by atoms with Gasteiger partial charge in [0.25, 0.3) is 5.91 Å². The van der Waals surface area contributed by atoms with Crippen molar-refractivity contribution >= 4 is 23.4 Å². The number of hydrogen-bond acceptors (Lipinski definition) is 4. The lowest BCUT2D eigenvalue weighted by molar-refractivity contribution is 0.102. The number of thioether (sulfide) groups is 1. The van der Waals surface area contributed by atoms with Crippen LogP contribution in [0.2, 0.25) is 0 Å². The predicted octanol–water partition coefficient (Wildman–Crippen LogP) is 4.47. The molecule has 6 heteroatoms. The van der Waals surface area contributed by atoms with Gasteiger partial charge in [-0.25, -0.2) is 4.98 Å². The number of rotatable bonds is 6. The van der Waals surface area contributed by atoms with Gasteiger partial charge in [0.1, 0.15) is 5.82 Å². The summed E-state index contributed by atoms with van der Waals surface area (Å²) < 4.78 is 0. The van der Waals surface area contributed by atoms with Gasteiger partial charge in [-0.2, -0.15) is 0 Å². The van der Waals surface area contributed by atoms with Crippen molar-refractivity contribution in [3.8, 4) is 0 Å². The van der Waals surface area contributed by atoms with E-state index >= 15 is 0 Å². The standard InChI is InChI=1S/C19H20N4OS/c1-13(2)17-21-19(23-22-17)25-12-14-8-10-15(11-9-14)18(24)20-16-6-4-3-5-7-16/h3-11,13H,12H2,1-2H3,(H,20,24)(H,21,22,23). The molecule has 3 rings (SSSR count). The van der Waals surface area contributed by atoms with E-state index in [0.29, 0.717) is 11.5 Å². The van der Waals surface area contributed by atoms with E-state index in [2.05, 4.69) is 34.3 Å². The molecule has 2 N–H and O–H groups in total. The van der Waals surface area contributed by atoms with Crippen LogP contribution in [-0.2, 0) is 5.75 Å². The topological polar surface area (TPSA) is 70.7 Å². The highest BCUT2D eigenvalue weighted by Crippen LogP contribution is 2.21. The van der Waals surface area contributed by atoms with Crippen molar-refractivity contribution in [2.45, 2.75) is 30.7 Å². The molecule has 0 aliphatic rings. The number of H-pyrrole nitrogens is 1. The van der Waals surface area contributed by atoms with E-state index in [1.165, 1.54) is 0 Å². The number of anilines is 1. The Hall–Kier alpha value is -2.60. The molecule has 1 heterocycles. The van der Waals surface area contributed by atoms with Crippen molar-refractivity contribution in [2.75, 3.05) is 5.32 Å². The number of hydrogen-bond donors (Lipinski definition) is 2. The maximum absolute atomic E-state index is 12.2. The van der Waals surface area contributed by atoms with Gasteiger partial charge >= 0.3 is 0 Å². The summed E-state index contributed by atoms with van der Waals surface area (Å²) in [6, 6.07) is 17.0. The molecule has 0 saturated heterocycles. The molecule has 0 aliphatic carbocycles. The van der Waals surface area contributed by atoms with Crippen LogP contribution in [0.3, 0.4) is 0 Å². The molecule has 0 unspecified atom stereocenters. The quantitative estimate of drug-likeness (QED) is 0.642. The second-order valence-electron chi connectivity index (χ2n) is 5.96. The first-order chi connectivity index (χ1) is 12.1. The molecule has 0 bridgehead atoms. The normalized spacial score (nSPS) is 10.8. The van der Waals surface area contributed by atoms with Crippen molar-refractivity contribution in [3.63, 3.8) is 0 Å². The molecule has 25 heavy (non-hydrogen) atoms. The van der Waals surface area contributed by atoms with E-state index in [1.54, 1.807) is 11.8 Å². The van der Waals surface area contributed by atoms with Crippen LogP contribution in [0.5, 0.6) is 0 Å². The lowest BCUT2D eigenvalue weighted by Gasteiger charge is -2.06. The Morgan fingerprint density at radius 1 is 1.12 bits per heavy atom. The van der Waals surface area contributed by atoms with Crippen molar-refractivity contribution < 1.29 is 4.79 Å². The van der Waals surface area contributed by atoms with Crippen LogP contribution in [0.4, 0.5) is 5.69 Å². The summed E-state index contributed by atoms with van der Waals surface area (Å²) in [7, 11) is 0. The summed E-state index contributed by atoms with van der Waals surface area (Å²) in [5.41, 5.74) is 2.55. The van der Waals surface area contributed by atoms with E-state index in [1.807, 2.05) is 54.6 Å². The average Bonchev–Trinajstić information content (AvgIpc) is 3.11. The number of nitrogens with one attached hydrogen (secondary N) is 2. The fourth-order valence-electron chi connectivity index (χ4n) is 2.21. The largest absolute Gasteiger partial charge is 0.322 e. The minimum absolute atomic E-state index is 0.110. The zero-order chi connectivity index (χ0) is 17.6. The van der Waals surface area contributed by atoms with Gasteiger partial charge in [-0.1, -0.05) is 55.9 Å². The number of amides is 1. The minimum atomic E-state index is -0.110. The third-order valence-electron chi connectivity index (χ3n) is 3.64. The third-order valence-corrected chi connectivity index (χ3v) is 4.56. The van der Waals surface area contributed by atoms with Crippen LogP contribution in [0, 0.1) is 0 Å². The summed E-state index contributed by atoms with van der Waals surface area (Å²) in [6.07, 6.45) is 0. The minimum Gasteiger partial charge on any atom is -0.322 e. The molecule has 128 valence electrons. The molecule has 1 aromatic heterocycles. The molecule has 2 aromatic carbocycles. The van der Waals surface area contributed by atoms with Gasteiger partial charge in [-0.3, -0.25) is 9.89 Å². The van der Waals surface area contributed by atoms with Crippen LogP contribution in [0.1, 0.15) is 41.5 Å². The van der Waals surface area contributed by atoms with Crippen molar-refractivity contribution in [3.05, 3.63) is 71.5 Å². The van der Waals surface area contributed by atoms with Gasteiger partial charge in [0.15, 0.2) is 0 Å². The van der Waals surface area contributed by atoms with Crippen molar-refractivity contribution in [1.82, 2.24) is 15.2 Å². The summed E-state index contributed by atoms with van der Waals surface area (Å²) in [4.78, 5) is 16.7. The number of nitrogens with zero attached hydrogens (tertiary/aromatic N) is 2. The molecule has 0 radical (unpaired) electrons.